The van der Waals surface area contributed by atoms with Gasteiger partial charge in [-0.3, -0.25) is 9.59 Å². The number of aromatic nitrogens is 2. The molecule has 14 nitrogen and oxygen atoms in total. The van der Waals surface area contributed by atoms with Crippen molar-refractivity contribution in [3.8, 4) is 0 Å². The Morgan fingerprint density at radius 2 is 1.77 bits per heavy atom. The molecule has 3 saturated heterocycles. The fourth-order valence-electron chi connectivity index (χ4n) is 8.78. The van der Waals surface area contributed by atoms with Gasteiger partial charge in [0.1, 0.15) is 18.0 Å². The lowest BCUT2D eigenvalue weighted by Gasteiger charge is -2.46. The van der Waals surface area contributed by atoms with Crippen LogP contribution in [0.2, 0.25) is 0 Å². The van der Waals surface area contributed by atoms with Gasteiger partial charge in [0.2, 0.25) is 0 Å². The molecule has 4 fully saturated rings. The van der Waals surface area contributed by atoms with Crippen LogP contribution in [-0.4, -0.2) is 123 Å². The highest BCUT2D eigenvalue weighted by Crippen LogP contribution is 2.43. The van der Waals surface area contributed by atoms with Crippen molar-refractivity contribution in [3.05, 3.63) is 18.7 Å². The quantitative estimate of drug-likeness (QED) is 0.263. The van der Waals surface area contributed by atoms with Gasteiger partial charge in [-0.15, -0.1) is 0 Å². The number of amides is 1. The van der Waals surface area contributed by atoms with Crippen LogP contribution in [0.3, 0.4) is 0 Å². The summed E-state index contributed by atoms with van der Waals surface area (Å²) in [7, 11) is 1.41. The second kappa shape index (κ2) is 16.0. The van der Waals surface area contributed by atoms with E-state index in [1.54, 1.807) is 53.3 Å². The zero-order valence-electron chi connectivity index (χ0n) is 32.6. The number of hydrogen-bond donors (Lipinski definition) is 2. The van der Waals surface area contributed by atoms with Crippen LogP contribution in [0.1, 0.15) is 93.9 Å². The number of ketones is 2. The van der Waals surface area contributed by atoms with Crippen molar-refractivity contribution in [2.24, 2.45) is 17.8 Å². The van der Waals surface area contributed by atoms with Crippen molar-refractivity contribution >= 4 is 23.6 Å². The number of methoxy groups -OCH3 is 1. The molecule has 4 aliphatic rings. The lowest BCUT2D eigenvalue weighted by atomic mass is 9.73. The Labute approximate surface area is 311 Å². The fourth-order valence-corrected chi connectivity index (χ4v) is 8.78. The Bertz CT molecular complexity index is 1470. The molecule has 53 heavy (non-hydrogen) atoms. The van der Waals surface area contributed by atoms with Gasteiger partial charge in [0.25, 0.3) is 5.67 Å². The van der Waals surface area contributed by atoms with Crippen LogP contribution in [0.15, 0.2) is 18.7 Å². The van der Waals surface area contributed by atoms with E-state index in [-0.39, 0.29) is 43.4 Å². The SMILES string of the molecule is CC[C@H]1OC(=O)[C@@](C)(F)C(=O)[C@@H](C)[C@@H](O[C@@H]2O[C@H](C)C[C@H](NC3CC3)[C@@H]2O)[C@](C)(OC)C[C@@H](C)C(=O)[C@H](C)C2N(CCCn3ccnc3)C(=O)O[C@@]21C. The maximum absolute atomic E-state index is 16.8. The number of aryl methyl sites for hydroxylation is 1. The summed E-state index contributed by atoms with van der Waals surface area (Å²) < 4.78 is 49.1. The maximum atomic E-state index is 16.8. The summed E-state index contributed by atoms with van der Waals surface area (Å²) in [5.41, 5.74) is -6.15. The molecule has 1 amide bonds. The third kappa shape index (κ3) is 8.34. The van der Waals surface area contributed by atoms with Gasteiger partial charge in [-0.2, -0.15) is 0 Å². The van der Waals surface area contributed by atoms with Crippen LogP contribution in [0.5, 0.6) is 0 Å². The molecule has 3 aliphatic heterocycles. The minimum atomic E-state index is -3.16. The van der Waals surface area contributed by atoms with Crippen molar-refractivity contribution in [2.45, 2.75) is 166 Å². The number of nitrogens with zero attached hydrogens (tertiary/aromatic N) is 3. The molecule has 1 aliphatic carbocycles. The lowest BCUT2D eigenvalue weighted by molar-refractivity contribution is -0.290. The topological polar surface area (TPSA) is 168 Å². The van der Waals surface area contributed by atoms with Gasteiger partial charge in [-0.1, -0.05) is 27.7 Å². The maximum Gasteiger partial charge on any atom is 0.410 e. The van der Waals surface area contributed by atoms with E-state index in [1.165, 1.54) is 18.9 Å². The number of carbonyl (C=O) groups excluding carboxylic acids is 4. The fraction of sp³-hybridized carbons (Fsp3) is 0.816. The summed E-state index contributed by atoms with van der Waals surface area (Å²) in [6, 6.07) is -0.969. The predicted molar refractivity (Wildman–Crippen MR) is 189 cm³/mol. The summed E-state index contributed by atoms with van der Waals surface area (Å²) in [6.07, 6.45) is 2.42. The number of halogens is 1. The number of imidazole rings is 1. The molecule has 0 spiro atoms. The molecular weight excluding hydrogens is 691 g/mol. The Balaban J connectivity index is 1.52. The number of nitrogens with one attached hydrogen (secondary N) is 1. The molecule has 0 aromatic carbocycles. The van der Waals surface area contributed by atoms with Crippen molar-refractivity contribution in [1.82, 2.24) is 19.8 Å². The molecule has 0 bridgehead atoms. The second-order valence-electron chi connectivity index (χ2n) is 16.3. The third-order valence-corrected chi connectivity index (χ3v) is 12.0. The number of hydrogen-bond acceptors (Lipinski definition) is 12. The minimum Gasteiger partial charge on any atom is -0.455 e. The molecule has 5 rings (SSSR count). The molecule has 1 aromatic rings. The summed E-state index contributed by atoms with van der Waals surface area (Å²) in [5.74, 6) is -5.70. The van der Waals surface area contributed by atoms with Crippen molar-refractivity contribution in [1.29, 1.82) is 0 Å². The van der Waals surface area contributed by atoms with Crippen molar-refractivity contribution in [3.63, 3.8) is 0 Å². The second-order valence-corrected chi connectivity index (χ2v) is 16.3. The van der Waals surface area contributed by atoms with Gasteiger partial charge in [0.15, 0.2) is 17.7 Å². The number of carbonyl (C=O) groups is 4. The van der Waals surface area contributed by atoms with E-state index in [0.29, 0.717) is 19.4 Å². The molecule has 1 aromatic heterocycles. The van der Waals surface area contributed by atoms with Crippen LogP contribution in [0.25, 0.3) is 0 Å². The molecule has 2 N–H and O–H groups in total. The number of Topliss-reactive ketones (excluding diaryl/α,β-unsaturated/α-hetero) is 2. The van der Waals surface area contributed by atoms with Gasteiger partial charge in [-0.05, 0) is 66.2 Å². The molecule has 1 saturated carbocycles. The molecule has 298 valence electrons. The molecule has 0 radical (unpaired) electrons. The standard InChI is InChI=1S/C38H59FN4O10/c1-10-27-38(8)30(43(35(48)53-38)16-11-15-42-17-14-40-20-42)23(4)28(44)21(2)19-36(6,49-9)32(24(5)31(46)37(7,39)34(47)51-27)52-33-29(45)26(18-22(3)50-33)41-25-12-13-25/h14,17,20-27,29-30,32-33,41,45H,10-13,15-16,18-19H2,1-9H3/t21-,22-,23+,24-,26+,27-,29+,30?,32-,33+,36-,37+,38-/m1/s1. The predicted octanol–water partition coefficient (Wildman–Crippen LogP) is 3.76. The summed E-state index contributed by atoms with van der Waals surface area (Å²) in [5, 5.41) is 14.9. The average molecular weight is 751 g/mol. The van der Waals surface area contributed by atoms with Crippen LogP contribution in [-0.2, 0) is 44.6 Å². The highest BCUT2D eigenvalue weighted by Gasteiger charge is 2.61. The van der Waals surface area contributed by atoms with Crippen LogP contribution in [0.4, 0.5) is 9.18 Å². The first-order valence-corrected chi connectivity index (χ1v) is 19.1. The first kappa shape index (κ1) is 41.2. The molecular formula is C38H59FN4O10. The van der Waals surface area contributed by atoms with E-state index in [9.17, 15) is 24.3 Å². The number of aliphatic hydroxyl groups is 1. The number of rotatable bonds is 10. The average Bonchev–Trinajstić information content (AvgIpc) is 3.69. The summed E-state index contributed by atoms with van der Waals surface area (Å²) in [6.45, 7) is 13.3. The smallest absolute Gasteiger partial charge is 0.410 e. The van der Waals surface area contributed by atoms with Crippen LogP contribution in [0, 0.1) is 17.8 Å². The number of alkyl halides is 1. The lowest BCUT2D eigenvalue weighted by Crippen LogP contribution is -2.62. The van der Waals surface area contributed by atoms with Gasteiger partial charge >= 0.3 is 12.1 Å². The van der Waals surface area contributed by atoms with Gasteiger partial charge < -0.3 is 43.6 Å². The van der Waals surface area contributed by atoms with Crippen LogP contribution < -0.4 is 5.32 Å². The van der Waals surface area contributed by atoms with Crippen molar-refractivity contribution < 1.29 is 52.4 Å². The Kier molecular flexibility index (Phi) is 12.4. The highest BCUT2D eigenvalue weighted by molar-refractivity contribution is 6.08. The Morgan fingerprint density at radius 3 is 2.38 bits per heavy atom. The van der Waals surface area contributed by atoms with Gasteiger partial charge in [0.05, 0.1) is 30.2 Å². The number of ether oxygens (including phenoxy) is 5. The van der Waals surface area contributed by atoms with Gasteiger partial charge in [0, 0.05) is 62.4 Å². The molecule has 1 unspecified atom stereocenters. The monoisotopic (exact) mass is 750 g/mol. The number of cyclic esters (lactones) is 1. The zero-order valence-corrected chi connectivity index (χ0v) is 32.6. The summed E-state index contributed by atoms with van der Waals surface area (Å²) >= 11 is 0. The van der Waals surface area contributed by atoms with E-state index >= 15 is 4.39 Å². The normalized spacial score (nSPS) is 41.8. The number of esters is 1. The molecule has 4 heterocycles. The number of fused-ring (bicyclic) bond motifs is 1. The van der Waals surface area contributed by atoms with Gasteiger partial charge in [-0.25, -0.2) is 19.0 Å². The Morgan fingerprint density at radius 1 is 1.08 bits per heavy atom. The zero-order chi connectivity index (χ0) is 39.0. The highest BCUT2D eigenvalue weighted by atomic mass is 19.1. The van der Waals surface area contributed by atoms with E-state index in [4.69, 9.17) is 23.7 Å². The van der Waals surface area contributed by atoms with E-state index in [0.717, 1.165) is 19.8 Å². The third-order valence-electron chi connectivity index (χ3n) is 12.0. The molecule has 15 heteroatoms. The minimum absolute atomic E-state index is 0.0145. The van der Waals surface area contributed by atoms with E-state index in [1.807, 2.05) is 11.5 Å². The van der Waals surface area contributed by atoms with Crippen molar-refractivity contribution in [2.75, 3.05) is 13.7 Å². The number of aliphatic hydroxyl groups excluding tert-OH is 1. The first-order valence-electron chi connectivity index (χ1n) is 19.1. The van der Waals surface area contributed by atoms with E-state index < -0.39 is 83.1 Å². The summed E-state index contributed by atoms with van der Waals surface area (Å²) in [4.78, 5) is 61.7. The first-order chi connectivity index (χ1) is 24.9. The molecule has 13 atom stereocenters. The largest absolute Gasteiger partial charge is 0.455 e. The van der Waals surface area contributed by atoms with Crippen LogP contribution >= 0.6 is 0 Å². The van der Waals surface area contributed by atoms with E-state index in [2.05, 4.69) is 10.3 Å². The Hall–Kier alpha value is -2.98.